The van der Waals surface area contributed by atoms with E-state index in [9.17, 15) is 10.4 Å². The molecule has 2 unspecified atom stereocenters. The molecule has 1 N–H and O–H groups in total. The first-order chi connectivity index (χ1) is 6.50. The van der Waals surface area contributed by atoms with Gasteiger partial charge in [0, 0.05) is 6.61 Å². The summed E-state index contributed by atoms with van der Waals surface area (Å²) in [5.74, 6) is 0. The van der Waals surface area contributed by atoms with Gasteiger partial charge >= 0.3 is 0 Å². The normalized spacial score (nSPS) is 32.5. The topological polar surface area (TPSA) is 53.2 Å². The van der Waals surface area contributed by atoms with Crippen LogP contribution in [0, 0.1) is 16.7 Å². The zero-order valence-electron chi connectivity index (χ0n) is 9.21. The van der Waals surface area contributed by atoms with Crippen molar-refractivity contribution in [2.75, 3.05) is 6.61 Å². The zero-order chi connectivity index (χ0) is 10.8. The molecule has 14 heavy (non-hydrogen) atoms. The van der Waals surface area contributed by atoms with E-state index in [4.69, 9.17) is 4.74 Å². The number of aliphatic hydroxyl groups is 1. The third kappa shape index (κ3) is 1.53. The highest BCUT2D eigenvalue weighted by Gasteiger charge is 2.55. The Balaban J connectivity index is 2.92. The summed E-state index contributed by atoms with van der Waals surface area (Å²) in [6.45, 7) is 6.36. The Labute approximate surface area is 85.7 Å². The van der Waals surface area contributed by atoms with Gasteiger partial charge in [0.25, 0.3) is 0 Å². The van der Waals surface area contributed by atoms with Crippen LogP contribution in [0.5, 0.6) is 0 Å². The Morgan fingerprint density at radius 3 is 2.57 bits per heavy atom. The summed E-state index contributed by atoms with van der Waals surface area (Å²) in [6.07, 6.45) is 1.62. The Hall–Kier alpha value is -0.590. The molecule has 0 aromatic rings. The summed E-state index contributed by atoms with van der Waals surface area (Å²) in [4.78, 5) is 0. The third-order valence-corrected chi connectivity index (χ3v) is 3.36. The minimum absolute atomic E-state index is 0.531. The van der Waals surface area contributed by atoms with E-state index in [1.807, 2.05) is 20.8 Å². The maximum Gasteiger partial charge on any atom is 0.114 e. The first kappa shape index (κ1) is 11.5. The van der Waals surface area contributed by atoms with E-state index < -0.39 is 17.1 Å². The van der Waals surface area contributed by atoms with Gasteiger partial charge in [-0.3, -0.25) is 0 Å². The molecule has 1 saturated heterocycles. The SMILES string of the molecule is CCCC(O)C1(C#N)CCOC1(C)C. The fraction of sp³-hybridized carbons (Fsp3) is 0.909. The van der Waals surface area contributed by atoms with E-state index in [-0.39, 0.29) is 0 Å². The maximum absolute atomic E-state index is 10.0. The molecule has 1 aliphatic rings. The van der Waals surface area contributed by atoms with Crippen LogP contribution in [0.1, 0.15) is 40.0 Å². The standard InChI is InChI=1S/C11H19NO2/c1-4-5-9(13)11(8-12)6-7-14-10(11,2)3/h9,13H,4-7H2,1-3H3. The molecule has 0 saturated carbocycles. The maximum atomic E-state index is 10.0. The smallest absolute Gasteiger partial charge is 0.114 e. The van der Waals surface area contributed by atoms with Crippen LogP contribution in [0.25, 0.3) is 0 Å². The van der Waals surface area contributed by atoms with Gasteiger partial charge in [-0.1, -0.05) is 13.3 Å². The van der Waals surface area contributed by atoms with Crippen molar-refractivity contribution in [2.24, 2.45) is 5.41 Å². The lowest BCUT2D eigenvalue weighted by Crippen LogP contribution is -2.47. The number of nitrogens with zero attached hydrogens (tertiary/aromatic N) is 1. The first-order valence-corrected chi connectivity index (χ1v) is 5.23. The summed E-state index contributed by atoms with van der Waals surface area (Å²) in [5, 5.41) is 19.3. The van der Waals surface area contributed by atoms with Gasteiger partial charge in [0.05, 0.1) is 17.8 Å². The fourth-order valence-electron chi connectivity index (χ4n) is 2.25. The predicted molar refractivity (Wildman–Crippen MR) is 53.6 cm³/mol. The average Bonchev–Trinajstić information content (AvgIpc) is 2.42. The van der Waals surface area contributed by atoms with E-state index in [2.05, 4.69) is 6.07 Å². The fourth-order valence-corrected chi connectivity index (χ4v) is 2.25. The number of ether oxygens (including phenoxy) is 1. The molecule has 1 aliphatic heterocycles. The van der Waals surface area contributed by atoms with Gasteiger partial charge in [-0.05, 0) is 26.7 Å². The molecular weight excluding hydrogens is 178 g/mol. The van der Waals surface area contributed by atoms with E-state index in [0.29, 0.717) is 19.4 Å². The van der Waals surface area contributed by atoms with Gasteiger partial charge in [-0.25, -0.2) is 0 Å². The summed E-state index contributed by atoms with van der Waals surface area (Å²) in [6, 6.07) is 2.28. The van der Waals surface area contributed by atoms with E-state index >= 15 is 0 Å². The minimum atomic E-state index is -0.719. The zero-order valence-corrected chi connectivity index (χ0v) is 9.21. The quantitative estimate of drug-likeness (QED) is 0.751. The lowest BCUT2D eigenvalue weighted by molar-refractivity contribution is -0.0657. The highest BCUT2D eigenvalue weighted by molar-refractivity contribution is 5.15. The second-order valence-corrected chi connectivity index (χ2v) is 4.50. The Bertz CT molecular complexity index is 244. The molecule has 1 heterocycles. The molecule has 80 valence electrons. The van der Waals surface area contributed by atoms with Crippen LogP contribution >= 0.6 is 0 Å². The lowest BCUT2D eigenvalue weighted by atomic mass is 9.69. The molecule has 1 rings (SSSR count). The van der Waals surface area contributed by atoms with Crippen molar-refractivity contribution in [1.82, 2.24) is 0 Å². The van der Waals surface area contributed by atoms with Crippen molar-refractivity contribution < 1.29 is 9.84 Å². The molecule has 3 heteroatoms. The molecule has 2 atom stereocenters. The lowest BCUT2D eigenvalue weighted by Gasteiger charge is -2.37. The highest BCUT2D eigenvalue weighted by atomic mass is 16.5. The van der Waals surface area contributed by atoms with Gasteiger partial charge in [-0.2, -0.15) is 5.26 Å². The summed E-state index contributed by atoms with van der Waals surface area (Å²) in [7, 11) is 0. The van der Waals surface area contributed by atoms with E-state index in [1.165, 1.54) is 0 Å². The molecule has 0 aromatic heterocycles. The summed E-state index contributed by atoms with van der Waals surface area (Å²) < 4.78 is 5.53. The van der Waals surface area contributed by atoms with Crippen LogP contribution in [0.3, 0.4) is 0 Å². The van der Waals surface area contributed by atoms with E-state index in [0.717, 1.165) is 6.42 Å². The van der Waals surface area contributed by atoms with Gasteiger partial charge in [0.1, 0.15) is 5.41 Å². The highest BCUT2D eigenvalue weighted by Crippen LogP contribution is 2.46. The molecule has 0 radical (unpaired) electrons. The largest absolute Gasteiger partial charge is 0.391 e. The number of rotatable bonds is 3. The molecule has 1 fully saturated rings. The van der Waals surface area contributed by atoms with Crippen LogP contribution < -0.4 is 0 Å². The number of nitriles is 1. The minimum Gasteiger partial charge on any atom is -0.391 e. The summed E-state index contributed by atoms with van der Waals surface area (Å²) >= 11 is 0. The predicted octanol–water partition coefficient (Wildman–Crippen LogP) is 1.86. The molecule has 3 nitrogen and oxygen atoms in total. The van der Waals surface area contributed by atoms with Crippen molar-refractivity contribution >= 4 is 0 Å². The number of hydrogen-bond acceptors (Lipinski definition) is 3. The molecule has 0 spiro atoms. The molecule has 0 amide bonds. The Morgan fingerprint density at radius 1 is 1.57 bits per heavy atom. The average molecular weight is 197 g/mol. The Kier molecular flexibility index (Phi) is 3.18. The monoisotopic (exact) mass is 197 g/mol. The van der Waals surface area contributed by atoms with Crippen LogP contribution in [-0.2, 0) is 4.74 Å². The third-order valence-electron chi connectivity index (χ3n) is 3.36. The van der Waals surface area contributed by atoms with Crippen LogP contribution in [0.2, 0.25) is 0 Å². The molecule has 0 bridgehead atoms. The molecule has 0 aliphatic carbocycles. The number of aliphatic hydroxyl groups excluding tert-OH is 1. The summed E-state index contributed by atoms with van der Waals surface area (Å²) in [5.41, 5.74) is -1.25. The van der Waals surface area contributed by atoms with Gasteiger partial charge in [0.2, 0.25) is 0 Å². The molecule has 0 aromatic carbocycles. The van der Waals surface area contributed by atoms with Gasteiger partial charge in [0.15, 0.2) is 0 Å². The Morgan fingerprint density at radius 2 is 2.21 bits per heavy atom. The first-order valence-electron chi connectivity index (χ1n) is 5.23. The van der Waals surface area contributed by atoms with Crippen molar-refractivity contribution in [3.8, 4) is 6.07 Å². The second kappa shape index (κ2) is 3.88. The van der Waals surface area contributed by atoms with Crippen molar-refractivity contribution in [1.29, 1.82) is 5.26 Å². The second-order valence-electron chi connectivity index (χ2n) is 4.50. The molecular formula is C11H19NO2. The van der Waals surface area contributed by atoms with Crippen molar-refractivity contribution in [2.45, 2.75) is 51.7 Å². The van der Waals surface area contributed by atoms with E-state index in [1.54, 1.807) is 0 Å². The van der Waals surface area contributed by atoms with Crippen LogP contribution in [-0.4, -0.2) is 23.4 Å². The van der Waals surface area contributed by atoms with Crippen molar-refractivity contribution in [3.05, 3.63) is 0 Å². The van der Waals surface area contributed by atoms with Crippen LogP contribution in [0.4, 0.5) is 0 Å². The van der Waals surface area contributed by atoms with Crippen molar-refractivity contribution in [3.63, 3.8) is 0 Å². The van der Waals surface area contributed by atoms with Crippen LogP contribution in [0.15, 0.2) is 0 Å². The van der Waals surface area contributed by atoms with Gasteiger partial charge in [-0.15, -0.1) is 0 Å². The van der Waals surface area contributed by atoms with Gasteiger partial charge < -0.3 is 9.84 Å². The number of hydrogen-bond donors (Lipinski definition) is 1.